The minimum Gasteiger partial charge on any atom is -0.504 e. The molecule has 0 heterocycles. The first-order valence-electron chi connectivity index (χ1n) is 7.36. The number of phenolic OH excluding ortho intramolecular Hbond substituents is 1. The number of phosphoric acid groups is 1. The molecule has 9 heteroatoms. The number of nitrogens with one attached hydrogen (secondary N) is 1. The summed E-state index contributed by atoms with van der Waals surface area (Å²) in [5.41, 5.74) is 0.0418. The van der Waals surface area contributed by atoms with Crippen molar-refractivity contribution in [1.29, 1.82) is 0 Å². The number of hydrogen-bond donors (Lipinski definition) is 3. The molecule has 0 amide bonds. The Kier molecular flexibility index (Phi) is 7.23. The van der Waals surface area contributed by atoms with Gasteiger partial charge in [0.05, 0.1) is 5.41 Å². The molecule has 1 atom stereocenters. The van der Waals surface area contributed by atoms with Crippen LogP contribution in [-0.4, -0.2) is 36.4 Å². The molecule has 0 bridgehead atoms. The molecule has 1 aromatic carbocycles. The second-order valence-corrected chi connectivity index (χ2v) is 7.52. The van der Waals surface area contributed by atoms with E-state index in [4.69, 9.17) is 9.26 Å². The fourth-order valence-corrected chi connectivity index (χ4v) is 2.20. The van der Waals surface area contributed by atoms with Gasteiger partial charge in [-0.3, -0.25) is 9.69 Å². The van der Waals surface area contributed by atoms with Crippen LogP contribution in [0.1, 0.15) is 26.3 Å². The molecule has 0 spiro atoms. The molecule has 136 valence electrons. The predicted molar refractivity (Wildman–Crippen MR) is 87.7 cm³/mol. The van der Waals surface area contributed by atoms with E-state index in [-0.39, 0.29) is 11.5 Å². The van der Waals surface area contributed by atoms with Crippen molar-refractivity contribution in [2.45, 2.75) is 27.2 Å². The largest absolute Gasteiger partial charge is 0.530 e. The summed E-state index contributed by atoms with van der Waals surface area (Å²) >= 11 is 0. The van der Waals surface area contributed by atoms with Crippen molar-refractivity contribution in [3.63, 3.8) is 0 Å². The van der Waals surface area contributed by atoms with Crippen molar-refractivity contribution in [3.8, 4) is 11.5 Å². The Bertz CT molecular complexity index is 612. The van der Waals surface area contributed by atoms with Crippen LogP contribution in [0.15, 0.2) is 18.2 Å². The molecule has 0 aromatic heterocycles. The molecule has 0 radical (unpaired) electrons. The quantitative estimate of drug-likeness (QED) is 0.367. The van der Waals surface area contributed by atoms with E-state index in [2.05, 4.69) is 9.84 Å². The van der Waals surface area contributed by atoms with E-state index < -0.39 is 26.0 Å². The Morgan fingerprint density at radius 1 is 1.33 bits per heavy atom. The van der Waals surface area contributed by atoms with Crippen LogP contribution in [0.4, 0.5) is 0 Å². The van der Waals surface area contributed by atoms with Crippen LogP contribution in [0.3, 0.4) is 0 Å². The van der Waals surface area contributed by atoms with Crippen LogP contribution in [0.25, 0.3) is 0 Å². The Balaban J connectivity index is 2.66. The molecule has 0 saturated heterocycles. The zero-order valence-corrected chi connectivity index (χ0v) is 15.1. The molecule has 8 nitrogen and oxygen atoms in total. The third kappa shape index (κ3) is 6.88. The van der Waals surface area contributed by atoms with Gasteiger partial charge < -0.3 is 19.7 Å². The number of benzene rings is 1. The average Bonchev–Trinajstić information content (AvgIpc) is 2.46. The molecule has 1 rings (SSSR count). The summed E-state index contributed by atoms with van der Waals surface area (Å²) in [4.78, 5) is 21.2. The minimum atomic E-state index is -4.55. The van der Waals surface area contributed by atoms with Gasteiger partial charge in [-0.15, -0.1) is 0 Å². The molecule has 0 aliphatic carbocycles. The molecular formula is C15H24NO7P. The van der Waals surface area contributed by atoms with Crippen LogP contribution in [0.2, 0.25) is 0 Å². The van der Waals surface area contributed by atoms with E-state index in [1.165, 1.54) is 12.1 Å². The molecule has 0 aliphatic heterocycles. The van der Waals surface area contributed by atoms with E-state index in [1.54, 1.807) is 33.9 Å². The van der Waals surface area contributed by atoms with Gasteiger partial charge in [0.1, 0.15) is 0 Å². The lowest BCUT2D eigenvalue weighted by Crippen LogP contribution is -2.23. The van der Waals surface area contributed by atoms with Crippen LogP contribution in [-0.2, 0) is 25.0 Å². The van der Waals surface area contributed by atoms with E-state index >= 15 is 0 Å². The molecule has 0 fully saturated rings. The zero-order chi connectivity index (χ0) is 18.4. The summed E-state index contributed by atoms with van der Waals surface area (Å²) in [5, 5.41) is 12.7. The van der Waals surface area contributed by atoms with Gasteiger partial charge in [-0.25, -0.2) is 9.09 Å². The van der Waals surface area contributed by atoms with Crippen molar-refractivity contribution < 1.29 is 33.1 Å². The Labute approximate surface area is 141 Å². The molecule has 1 unspecified atom stereocenters. The lowest BCUT2D eigenvalue weighted by atomic mass is 9.98. The monoisotopic (exact) mass is 361 g/mol. The molecular weight excluding hydrogens is 337 g/mol. The molecule has 0 aliphatic rings. The summed E-state index contributed by atoms with van der Waals surface area (Å²) in [6.07, 6.45) is 0.646. The minimum absolute atomic E-state index is 0.184. The van der Waals surface area contributed by atoms with Gasteiger partial charge in [-0.2, -0.15) is 0 Å². The van der Waals surface area contributed by atoms with Crippen LogP contribution < -0.4 is 9.84 Å². The second-order valence-electron chi connectivity index (χ2n) is 6.14. The molecule has 24 heavy (non-hydrogen) atoms. The number of carbonyl (C=O) groups excluding carboxylic acids is 1. The smallest absolute Gasteiger partial charge is 0.504 e. The average molecular weight is 361 g/mol. The Morgan fingerprint density at radius 2 is 2.00 bits per heavy atom. The third-order valence-corrected chi connectivity index (χ3v) is 3.78. The van der Waals surface area contributed by atoms with Gasteiger partial charge in [-0.1, -0.05) is 6.07 Å². The Morgan fingerprint density at radius 3 is 2.58 bits per heavy atom. The van der Waals surface area contributed by atoms with Crippen molar-refractivity contribution >= 4 is 13.8 Å². The number of aromatic hydroxyl groups is 1. The summed E-state index contributed by atoms with van der Waals surface area (Å²) in [6, 6.07) is 4.48. The lowest BCUT2D eigenvalue weighted by molar-refractivity contribution is -0.160. The van der Waals surface area contributed by atoms with E-state index in [1.807, 2.05) is 0 Å². The topological polar surface area (TPSA) is 114 Å². The SMILES string of the molecule is CNCCc1ccc(O)c(OP(=O)(O)OCOC(=O)C(C)(C)C)c1. The summed E-state index contributed by atoms with van der Waals surface area (Å²) in [7, 11) is -2.75. The maximum Gasteiger partial charge on any atom is 0.530 e. The maximum absolute atomic E-state index is 11.9. The fourth-order valence-electron chi connectivity index (χ4n) is 1.57. The van der Waals surface area contributed by atoms with Gasteiger partial charge >= 0.3 is 13.8 Å². The standard InChI is InChI=1S/C15H24NO7P/c1-15(2,3)14(18)21-10-22-24(19,20)23-13-9-11(7-8-16-4)5-6-12(13)17/h5-6,9,16-17H,7-8,10H2,1-4H3,(H,19,20). The maximum atomic E-state index is 11.9. The van der Waals surface area contributed by atoms with Crippen molar-refractivity contribution in [1.82, 2.24) is 5.32 Å². The molecule has 3 N–H and O–H groups in total. The summed E-state index contributed by atoms with van der Waals surface area (Å²) < 4.78 is 26.1. The number of phosphoric ester groups is 1. The number of esters is 1. The van der Waals surface area contributed by atoms with E-state index in [9.17, 15) is 19.4 Å². The number of carbonyl (C=O) groups is 1. The normalized spacial score (nSPS) is 14.0. The third-order valence-electron chi connectivity index (χ3n) is 2.92. The first kappa shape index (κ1) is 20.4. The molecule has 0 saturated carbocycles. The second kappa shape index (κ2) is 8.48. The van der Waals surface area contributed by atoms with E-state index in [0.29, 0.717) is 13.0 Å². The summed E-state index contributed by atoms with van der Waals surface area (Å²) in [5.74, 6) is -1.07. The van der Waals surface area contributed by atoms with Gasteiger partial charge in [0, 0.05) is 0 Å². The Hall–Kier alpha value is -1.60. The van der Waals surface area contributed by atoms with Crippen LogP contribution in [0, 0.1) is 5.41 Å². The number of phenols is 1. The number of hydrogen-bond acceptors (Lipinski definition) is 7. The number of ether oxygens (including phenoxy) is 1. The lowest BCUT2D eigenvalue weighted by Gasteiger charge is -2.18. The van der Waals surface area contributed by atoms with Gasteiger partial charge in [0.2, 0.25) is 6.79 Å². The highest BCUT2D eigenvalue weighted by atomic mass is 31.2. The van der Waals surface area contributed by atoms with Gasteiger partial charge in [-0.05, 0) is 58.5 Å². The summed E-state index contributed by atoms with van der Waals surface area (Å²) in [6.45, 7) is 4.88. The van der Waals surface area contributed by atoms with Crippen molar-refractivity contribution in [3.05, 3.63) is 23.8 Å². The highest BCUT2D eigenvalue weighted by molar-refractivity contribution is 7.47. The van der Waals surface area contributed by atoms with E-state index in [0.717, 1.165) is 5.56 Å². The van der Waals surface area contributed by atoms with Gasteiger partial charge in [0.15, 0.2) is 11.5 Å². The van der Waals surface area contributed by atoms with Gasteiger partial charge in [0.25, 0.3) is 0 Å². The van der Waals surface area contributed by atoms with Crippen molar-refractivity contribution in [2.24, 2.45) is 5.41 Å². The highest BCUT2D eigenvalue weighted by Crippen LogP contribution is 2.46. The predicted octanol–water partition coefficient (Wildman–Crippen LogP) is 2.20. The highest BCUT2D eigenvalue weighted by Gasteiger charge is 2.28. The van der Waals surface area contributed by atoms with Crippen molar-refractivity contribution in [2.75, 3.05) is 20.4 Å². The first-order chi connectivity index (χ1) is 11.0. The number of likely N-dealkylation sites (N-methyl/N-ethyl adjacent to an activating group) is 1. The zero-order valence-electron chi connectivity index (χ0n) is 14.2. The first-order valence-corrected chi connectivity index (χ1v) is 8.85. The molecule has 1 aromatic rings. The number of rotatable bonds is 8. The van der Waals surface area contributed by atoms with Crippen LogP contribution >= 0.6 is 7.82 Å². The fraction of sp³-hybridized carbons (Fsp3) is 0.533. The van der Waals surface area contributed by atoms with Crippen LogP contribution in [0.5, 0.6) is 11.5 Å².